The Labute approximate surface area is 123 Å². The van der Waals surface area contributed by atoms with Crippen LogP contribution in [0.25, 0.3) is 5.69 Å². The van der Waals surface area contributed by atoms with Gasteiger partial charge in [0.2, 0.25) is 0 Å². The molecule has 2 aromatic rings. The van der Waals surface area contributed by atoms with Crippen molar-refractivity contribution in [3.8, 4) is 5.69 Å². The minimum Gasteiger partial charge on any atom is -0.313 e. The van der Waals surface area contributed by atoms with E-state index in [1.54, 1.807) is 12.1 Å². The molecule has 0 aliphatic rings. The average Bonchev–Trinajstić information content (AvgIpc) is 2.66. The third-order valence-corrected chi connectivity index (χ3v) is 3.68. The summed E-state index contributed by atoms with van der Waals surface area (Å²) in [4.78, 5) is 0. The van der Waals surface area contributed by atoms with E-state index in [-0.39, 0.29) is 0 Å². The molecule has 5 heteroatoms. The molecule has 0 bridgehead atoms. The topological polar surface area (TPSA) is 29.9 Å². The molecular weight excluding hydrogens is 281 g/mol. The van der Waals surface area contributed by atoms with Crippen LogP contribution in [0.5, 0.6) is 0 Å². The average molecular weight is 298 g/mol. The highest BCUT2D eigenvalue weighted by Gasteiger charge is 2.14. The van der Waals surface area contributed by atoms with Crippen molar-refractivity contribution in [3.63, 3.8) is 0 Å². The van der Waals surface area contributed by atoms with E-state index in [0.29, 0.717) is 10.0 Å². The van der Waals surface area contributed by atoms with Crippen LogP contribution >= 0.6 is 23.2 Å². The molecule has 19 heavy (non-hydrogen) atoms. The van der Waals surface area contributed by atoms with Crippen LogP contribution in [-0.2, 0) is 6.54 Å². The Morgan fingerprint density at radius 2 is 2.00 bits per heavy atom. The summed E-state index contributed by atoms with van der Waals surface area (Å²) in [6, 6.07) is 5.40. The van der Waals surface area contributed by atoms with E-state index in [0.717, 1.165) is 30.2 Å². The first-order valence-electron chi connectivity index (χ1n) is 6.25. The quantitative estimate of drug-likeness (QED) is 0.927. The highest BCUT2D eigenvalue weighted by molar-refractivity contribution is 6.34. The third kappa shape index (κ3) is 2.94. The summed E-state index contributed by atoms with van der Waals surface area (Å²) < 4.78 is 1.86. The third-order valence-electron chi connectivity index (χ3n) is 3.13. The van der Waals surface area contributed by atoms with Gasteiger partial charge in [-0.25, -0.2) is 4.68 Å². The summed E-state index contributed by atoms with van der Waals surface area (Å²) in [5, 5.41) is 9.19. The molecule has 0 saturated carbocycles. The summed E-state index contributed by atoms with van der Waals surface area (Å²) in [7, 11) is 0. The van der Waals surface area contributed by atoms with Gasteiger partial charge in [-0.3, -0.25) is 0 Å². The van der Waals surface area contributed by atoms with Gasteiger partial charge in [0.1, 0.15) is 0 Å². The van der Waals surface area contributed by atoms with Crippen LogP contribution in [0.4, 0.5) is 0 Å². The minimum absolute atomic E-state index is 0.644. The Balaban J connectivity index is 2.48. The molecule has 102 valence electrons. The van der Waals surface area contributed by atoms with E-state index in [4.69, 9.17) is 23.2 Å². The standard InChI is InChI=1S/C14H17Cl2N3/c1-4-17-8-12-9(2)18-19(10(12)3)14-7-11(15)5-6-13(14)16/h5-7,17H,4,8H2,1-3H3. The van der Waals surface area contributed by atoms with Crippen LogP contribution < -0.4 is 5.32 Å². The molecule has 1 N–H and O–H groups in total. The molecular formula is C14H17Cl2N3. The predicted octanol–water partition coefficient (Wildman–Crippen LogP) is 3.91. The molecule has 3 nitrogen and oxygen atoms in total. The maximum absolute atomic E-state index is 6.23. The van der Waals surface area contributed by atoms with Gasteiger partial charge in [0.25, 0.3) is 0 Å². The molecule has 0 amide bonds. The summed E-state index contributed by atoms with van der Waals surface area (Å²) in [5.41, 5.74) is 4.12. The van der Waals surface area contributed by atoms with Crippen LogP contribution in [0, 0.1) is 13.8 Å². The second kappa shape index (κ2) is 5.95. The van der Waals surface area contributed by atoms with Crippen molar-refractivity contribution in [1.82, 2.24) is 15.1 Å². The molecule has 2 rings (SSSR count). The van der Waals surface area contributed by atoms with E-state index in [1.165, 1.54) is 5.56 Å². The van der Waals surface area contributed by atoms with Crippen LogP contribution in [0.15, 0.2) is 18.2 Å². The second-order valence-corrected chi connectivity index (χ2v) is 5.28. The smallest absolute Gasteiger partial charge is 0.0849 e. The lowest BCUT2D eigenvalue weighted by Gasteiger charge is -2.08. The van der Waals surface area contributed by atoms with Gasteiger partial charge in [-0.1, -0.05) is 30.1 Å². The van der Waals surface area contributed by atoms with Gasteiger partial charge in [-0.05, 0) is 38.6 Å². The molecule has 0 aliphatic heterocycles. The summed E-state index contributed by atoms with van der Waals surface area (Å²) in [6.07, 6.45) is 0. The van der Waals surface area contributed by atoms with E-state index in [1.807, 2.05) is 24.6 Å². The van der Waals surface area contributed by atoms with Crippen LogP contribution in [0.2, 0.25) is 10.0 Å². The Kier molecular flexibility index (Phi) is 4.50. The number of nitrogens with one attached hydrogen (secondary N) is 1. The maximum atomic E-state index is 6.23. The van der Waals surface area contributed by atoms with Gasteiger partial charge in [0.05, 0.1) is 16.4 Å². The second-order valence-electron chi connectivity index (χ2n) is 4.44. The predicted molar refractivity (Wildman–Crippen MR) is 80.4 cm³/mol. The Bertz CT molecular complexity index is 591. The normalized spacial score (nSPS) is 11.0. The number of rotatable bonds is 4. The summed E-state index contributed by atoms with van der Waals surface area (Å²) >= 11 is 12.3. The van der Waals surface area contributed by atoms with Gasteiger partial charge in [-0.2, -0.15) is 5.10 Å². The van der Waals surface area contributed by atoms with Crippen molar-refractivity contribution in [3.05, 3.63) is 45.2 Å². The minimum atomic E-state index is 0.644. The van der Waals surface area contributed by atoms with Gasteiger partial charge in [0.15, 0.2) is 0 Å². The number of halogens is 2. The van der Waals surface area contributed by atoms with Crippen molar-refractivity contribution >= 4 is 23.2 Å². The fourth-order valence-corrected chi connectivity index (χ4v) is 2.43. The van der Waals surface area contributed by atoms with E-state index in [2.05, 4.69) is 17.3 Å². The maximum Gasteiger partial charge on any atom is 0.0849 e. The van der Waals surface area contributed by atoms with E-state index >= 15 is 0 Å². The van der Waals surface area contributed by atoms with Crippen molar-refractivity contribution < 1.29 is 0 Å². The molecule has 0 saturated heterocycles. The molecule has 0 unspecified atom stereocenters. The van der Waals surface area contributed by atoms with Gasteiger partial charge >= 0.3 is 0 Å². The number of hydrogen-bond donors (Lipinski definition) is 1. The lowest BCUT2D eigenvalue weighted by Crippen LogP contribution is -2.13. The first kappa shape index (κ1) is 14.4. The fraction of sp³-hybridized carbons (Fsp3) is 0.357. The van der Waals surface area contributed by atoms with E-state index in [9.17, 15) is 0 Å². The van der Waals surface area contributed by atoms with E-state index < -0.39 is 0 Å². The molecule has 1 heterocycles. The molecule has 0 atom stereocenters. The van der Waals surface area contributed by atoms with Crippen molar-refractivity contribution in [1.29, 1.82) is 0 Å². The number of benzene rings is 1. The number of hydrogen-bond acceptors (Lipinski definition) is 2. The van der Waals surface area contributed by atoms with Crippen LogP contribution in [-0.4, -0.2) is 16.3 Å². The monoisotopic (exact) mass is 297 g/mol. The van der Waals surface area contributed by atoms with Gasteiger partial charge < -0.3 is 5.32 Å². The molecule has 1 aromatic heterocycles. The first-order chi connectivity index (χ1) is 9.04. The van der Waals surface area contributed by atoms with Crippen molar-refractivity contribution in [2.24, 2.45) is 0 Å². The van der Waals surface area contributed by atoms with Crippen molar-refractivity contribution in [2.75, 3.05) is 6.54 Å². The van der Waals surface area contributed by atoms with Crippen LogP contribution in [0.3, 0.4) is 0 Å². The molecule has 0 aliphatic carbocycles. The summed E-state index contributed by atoms with van der Waals surface area (Å²) in [6.45, 7) is 7.88. The van der Waals surface area contributed by atoms with Gasteiger partial charge in [0, 0.05) is 22.8 Å². The largest absolute Gasteiger partial charge is 0.313 e. The fourth-order valence-electron chi connectivity index (χ4n) is 2.06. The molecule has 1 aromatic carbocycles. The van der Waals surface area contributed by atoms with Crippen molar-refractivity contribution in [2.45, 2.75) is 27.3 Å². The first-order valence-corrected chi connectivity index (χ1v) is 7.01. The molecule has 0 radical (unpaired) electrons. The van der Waals surface area contributed by atoms with Gasteiger partial charge in [-0.15, -0.1) is 0 Å². The lowest BCUT2D eigenvalue weighted by atomic mass is 10.2. The highest BCUT2D eigenvalue weighted by Crippen LogP contribution is 2.26. The number of nitrogens with zero attached hydrogens (tertiary/aromatic N) is 2. The Hall–Kier alpha value is -1.03. The SMILES string of the molecule is CCNCc1c(C)nn(-c2cc(Cl)ccc2Cl)c1C. The zero-order valence-electron chi connectivity index (χ0n) is 11.3. The zero-order valence-corrected chi connectivity index (χ0v) is 12.8. The number of aryl methyl sites for hydroxylation is 1. The highest BCUT2D eigenvalue weighted by atomic mass is 35.5. The molecule has 0 fully saturated rings. The molecule has 0 spiro atoms. The lowest BCUT2D eigenvalue weighted by molar-refractivity contribution is 0.719. The number of aromatic nitrogens is 2. The zero-order chi connectivity index (χ0) is 14.0. The van der Waals surface area contributed by atoms with Crippen LogP contribution in [0.1, 0.15) is 23.9 Å². The Morgan fingerprint density at radius 1 is 1.26 bits per heavy atom. The summed E-state index contributed by atoms with van der Waals surface area (Å²) in [5.74, 6) is 0. The Morgan fingerprint density at radius 3 is 2.68 bits per heavy atom.